The Kier molecular flexibility index (Phi) is 7.04. The van der Waals surface area contributed by atoms with Crippen LogP contribution in [-0.4, -0.2) is 41.0 Å². The molecule has 0 radical (unpaired) electrons. The van der Waals surface area contributed by atoms with Gasteiger partial charge in [0.05, 0.1) is 16.8 Å². The van der Waals surface area contributed by atoms with E-state index in [-0.39, 0.29) is 23.5 Å². The number of anilines is 1. The Hall–Kier alpha value is -3.65. The Labute approximate surface area is 213 Å². The number of amides is 2. The number of ether oxygens (including phenoxy) is 1. The molecule has 36 heavy (non-hydrogen) atoms. The number of likely N-dealkylation sites (tertiary alicyclic amines) is 1. The molecule has 5 rings (SSSR count). The maximum atomic E-state index is 13.5. The third-order valence-corrected chi connectivity index (χ3v) is 7.43. The van der Waals surface area contributed by atoms with Crippen LogP contribution in [-0.2, 0) is 11.3 Å². The molecule has 186 valence electrons. The van der Waals surface area contributed by atoms with Gasteiger partial charge in [-0.3, -0.25) is 9.59 Å². The zero-order valence-corrected chi connectivity index (χ0v) is 20.9. The highest BCUT2D eigenvalue weighted by molar-refractivity contribution is 7.17. The lowest BCUT2D eigenvalue weighted by Crippen LogP contribution is -2.42. The molecule has 0 bridgehead atoms. The zero-order valence-electron chi connectivity index (χ0n) is 20.1. The topological polar surface area (TPSA) is 63.6 Å². The van der Waals surface area contributed by atoms with Crippen LogP contribution >= 0.6 is 11.3 Å². The average molecular weight is 506 g/mol. The first-order chi connectivity index (χ1) is 17.5. The largest absolute Gasteiger partial charge is 0.494 e. The first-order valence-corrected chi connectivity index (χ1v) is 13.0. The maximum Gasteiger partial charge on any atom is 0.270 e. The van der Waals surface area contributed by atoms with Crippen LogP contribution in [0.15, 0.2) is 66.0 Å². The van der Waals surface area contributed by atoms with Crippen molar-refractivity contribution in [3.63, 3.8) is 0 Å². The SMILES string of the molecule is CCOc1ccc(NC(=O)C2CCN(C(=O)c3cc4sccc4n3Cc3ccc(F)cc3)CC2)cc1. The number of halogens is 1. The van der Waals surface area contributed by atoms with E-state index >= 15 is 0 Å². The second-order valence-corrected chi connectivity index (χ2v) is 9.87. The van der Waals surface area contributed by atoms with E-state index in [4.69, 9.17) is 4.74 Å². The van der Waals surface area contributed by atoms with Gasteiger partial charge in [0.1, 0.15) is 17.3 Å². The summed E-state index contributed by atoms with van der Waals surface area (Å²) in [5, 5.41) is 4.99. The van der Waals surface area contributed by atoms with E-state index in [1.165, 1.54) is 12.1 Å². The quantitative estimate of drug-likeness (QED) is 0.346. The van der Waals surface area contributed by atoms with E-state index < -0.39 is 0 Å². The van der Waals surface area contributed by atoms with Gasteiger partial charge < -0.3 is 19.5 Å². The monoisotopic (exact) mass is 505 g/mol. The van der Waals surface area contributed by atoms with Crippen molar-refractivity contribution in [1.82, 2.24) is 9.47 Å². The van der Waals surface area contributed by atoms with Crippen molar-refractivity contribution in [2.24, 2.45) is 5.92 Å². The predicted molar refractivity (Wildman–Crippen MR) is 140 cm³/mol. The van der Waals surface area contributed by atoms with E-state index in [1.807, 2.05) is 58.2 Å². The highest BCUT2D eigenvalue weighted by Crippen LogP contribution is 2.29. The van der Waals surface area contributed by atoms with Crippen LogP contribution in [0.3, 0.4) is 0 Å². The molecule has 0 atom stereocenters. The molecule has 1 N–H and O–H groups in total. The van der Waals surface area contributed by atoms with Crippen molar-refractivity contribution in [2.75, 3.05) is 25.0 Å². The minimum Gasteiger partial charge on any atom is -0.494 e. The molecule has 0 unspecified atom stereocenters. The zero-order chi connectivity index (χ0) is 25.1. The molecule has 6 nitrogen and oxygen atoms in total. The number of hydrogen-bond donors (Lipinski definition) is 1. The number of nitrogens with zero attached hydrogens (tertiary/aromatic N) is 2. The lowest BCUT2D eigenvalue weighted by atomic mass is 9.95. The van der Waals surface area contributed by atoms with Crippen LogP contribution in [0, 0.1) is 11.7 Å². The molecule has 1 saturated heterocycles. The summed E-state index contributed by atoms with van der Waals surface area (Å²) in [6, 6.07) is 17.7. The van der Waals surface area contributed by atoms with E-state index in [0.717, 1.165) is 27.2 Å². The lowest BCUT2D eigenvalue weighted by Gasteiger charge is -2.31. The molecular formula is C28H28FN3O3S. The van der Waals surface area contributed by atoms with E-state index in [1.54, 1.807) is 23.5 Å². The summed E-state index contributed by atoms with van der Waals surface area (Å²) in [7, 11) is 0. The highest BCUT2D eigenvalue weighted by atomic mass is 32.1. The van der Waals surface area contributed by atoms with E-state index in [9.17, 15) is 14.0 Å². The molecule has 1 aliphatic heterocycles. The first-order valence-electron chi connectivity index (χ1n) is 12.2. The number of piperidine rings is 1. The van der Waals surface area contributed by atoms with Crippen LogP contribution in [0.25, 0.3) is 10.2 Å². The third-order valence-electron chi connectivity index (χ3n) is 6.58. The number of carbonyl (C=O) groups excluding carboxylic acids is 2. The fourth-order valence-electron chi connectivity index (χ4n) is 4.65. The Morgan fingerprint density at radius 3 is 2.47 bits per heavy atom. The van der Waals surface area contributed by atoms with Crippen molar-refractivity contribution in [1.29, 1.82) is 0 Å². The number of aromatic nitrogens is 1. The fraction of sp³-hybridized carbons (Fsp3) is 0.286. The molecule has 1 fully saturated rings. The van der Waals surface area contributed by atoms with Crippen molar-refractivity contribution in [2.45, 2.75) is 26.3 Å². The van der Waals surface area contributed by atoms with Crippen LogP contribution in [0.5, 0.6) is 5.75 Å². The average Bonchev–Trinajstić information content (AvgIpc) is 3.49. The minimum atomic E-state index is -0.280. The normalized spacial score (nSPS) is 14.2. The number of nitrogens with one attached hydrogen (secondary N) is 1. The van der Waals surface area contributed by atoms with Gasteiger partial charge >= 0.3 is 0 Å². The number of thiophene rings is 1. The van der Waals surface area contributed by atoms with Gasteiger partial charge in [0.2, 0.25) is 5.91 Å². The second kappa shape index (κ2) is 10.5. The summed E-state index contributed by atoms with van der Waals surface area (Å²) in [4.78, 5) is 28.2. The molecule has 2 amide bonds. The van der Waals surface area contributed by atoms with Gasteiger partial charge in [0.25, 0.3) is 5.91 Å². The summed E-state index contributed by atoms with van der Waals surface area (Å²) in [5.41, 5.74) is 3.29. The van der Waals surface area contributed by atoms with Crippen LogP contribution in [0.1, 0.15) is 35.8 Å². The summed E-state index contributed by atoms with van der Waals surface area (Å²) in [6.45, 7) is 4.06. The Morgan fingerprint density at radius 2 is 1.78 bits per heavy atom. The Morgan fingerprint density at radius 1 is 1.06 bits per heavy atom. The molecule has 3 heterocycles. The molecule has 2 aromatic heterocycles. The molecular weight excluding hydrogens is 477 g/mol. The molecule has 2 aromatic carbocycles. The van der Waals surface area contributed by atoms with Crippen molar-refractivity contribution >= 4 is 39.1 Å². The van der Waals surface area contributed by atoms with Gasteiger partial charge in [0.15, 0.2) is 0 Å². The summed E-state index contributed by atoms with van der Waals surface area (Å²) >= 11 is 1.60. The summed E-state index contributed by atoms with van der Waals surface area (Å²) in [5.74, 6) is 0.288. The molecule has 0 spiro atoms. The molecule has 0 saturated carbocycles. The van der Waals surface area contributed by atoms with Gasteiger partial charge in [-0.15, -0.1) is 11.3 Å². The first kappa shape index (κ1) is 24.1. The van der Waals surface area contributed by atoms with Crippen molar-refractivity contribution in [3.8, 4) is 5.75 Å². The third kappa shape index (κ3) is 5.14. The van der Waals surface area contributed by atoms with Gasteiger partial charge in [-0.1, -0.05) is 12.1 Å². The fourth-order valence-corrected chi connectivity index (χ4v) is 5.47. The van der Waals surface area contributed by atoms with Gasteiger partial charge in [-0.05, 0) is 79.2 Å². The number of hydrogen-bond acceptors (Lipinski definition) is 4. The Balaban J connectivity index is 1.24. The van der Waals surface area contributed by atoms with Gasteiger partial charge in [-0.25, -0.2) is 4.39 Å². The van der Waals surface area contributed by atoms with E-state index in [0.29, 0.717) is 44.8 Å². The number of rotatable bonds is 7. The maximum absolute atomic E-state index is 13.5. The smallest absolute Gasteiger partial charge is 0.270 e. The number of carbonyl (C=O) groups is 2. The lowest BCUT2D eigenvalue weighted by molar-refractivity contribution is -0.121. The van der Waals surface area contributed by atoms with Gasteiger partial charge in [-0.2, -0.15) is 0 Å². The number of fused-ring (bicyclic) bond motifs is 1. The van der Waals surface area contributed by atoms with Crippen LogP contribution in [0.2, 0.25) is 0 Å². The molecule has 0 aliphatic carbocycles. The van der Waals surface area contributed by atoms with Crippen molar-refractivity contribution < 1.29 is 18.7 Å². The second-order valence-electron chi connectivity index (χ2n) is 8.93. The standard InChI is InChI=1S/C28H28FN3O3S/c1-2-35-23-9-7-22(8-10-23)30-27(33)20-11-14-31(15-12-20)28(34)25-17-26-24(13-16-36-26)32(25)18-19-3-5-21(29)6-4-19/h3-10,13,16-17,20H,2,11-12,14-15,18H2,1H3,(H,30,33). The summed E-state index contributed by atoms with van der Waals surface area (Å²) in [6.07, 6.45) is 1.23. The molecule has 1 aliphatic rings. The predicted octanol–water partition coefficient (Wildman–Crippen LogP) is 5.78. The molecule has 4 aromatic rings. The summed E-state index contributed by atoms with van der Waals surface area (Å²) < 4.78 is 21.9. The molecule has 8 heteroatoms. The highest BCUT2D eigenvalue weighted by Gasteiger charge is 2.29. The van der Waals surface area contributed by atoms with Crippen LogP contribution < -0.4 is 10.1 Å². The van der Waals surface area contributed by atoms with E-state index in [2.05, 4.69) is 5.32 Å². The van der Waals surface area contributed by atoms with Gasteiger partial charge in [0, 0.05) is 31.2 Å². The Bertz CT molecular complexity index is 1350. The minimum absolute atomic E-state index is 0.0218. The number of benzene rings is 2. The van der Waals surface area contributed by atoms with Crippen LogP contribution in [0.4, 0.5) is 10.1 Å². The van der Waals surface area contributed by atoms with Crippen molar-refractivity contribution in [3.05, 3.63) is 83.1 Å².